The number of hydrogen-bond donors (Lipinski definition) is 1. The van der Waals surface area contributed by atoms with Gasteiger partial charge in [-0.2, -0.15) is 9.97 Å². The largest absolute Gasteiger partial charge is 0.490 e. The minimum absolute atomic E-state index is 0.0354. The first-order valence-corrected chi connectivity index (χ1v) is 14.7. The number of ether oxygens (including phenoxy) is 5. The Hall–Kier alpha value is -3.98. The normalized spacial score (nSPS) is 14.5. The number of carbonyl (C=O) groups excluding carboxylic acids is 1. The maximum atomic E-state index is 11.6. The fourth-order valence-corrected chi connectivity index (χ4v) is 5.19. The van der Waals surface area contributed by atoms with Crippen LogP contribution in [0.3, 0.4) is 0 Å². The molecular formula is C31H36ClN5O6. The van der Waals surface area contributed by atoms with E-state index in [0.29, 0.717) is 56.8 Å². The van der Waals surface area contributed by atoms with Gasteiger partial charge in [0.15, 0.2) is 11.5 Å². The number of halogens is 1. The van der Waals surface area contributed by atoms with Crippen LogP contribution in [0.1, 0.15) is 32.8 Å². The fraction of sp³-hybridized carbons (Fsp3) is 0.452. The zero-order valence-electron chi connectivity index (χ0n) is 24.9. The number of rotatable bonds is 10. The number of anilines is 2. The summed E-state index contributed by atoms with van der Waals surface area (Å²) in [6.45, 7) is 10.3. The van der Waals surface area contributed by atoms with Gasteiger partial charge in [-0.1, -0.05) is 29.5 Å². The molecule has 43 heavy (non-hydrogen) atoms. The molecule has 228 valence electrons. The van der Waals surface area contributed by atoms with Gasteiger partial charge in [0.1, 0.15) is 23.9 Å². The Kier molecular flexibility index (Phi) is 9.92. The number of amides is 1. The maximum Gasteiger partial charge on any atom is 0.318 e. The molecule has 3 heterocycles. The van der Waals surface area contributed by atoms with Gasteiger partial charge >= 0.3 is 6.01 Å². The van der Waals surface area contributed by atoms with E-state index in [-0.39, 0.29) is 31.4 Å². The topological polar surface area (TPSA) is 108 Å². The Bertz CT molecular complexity index is 1530. The number of piperazine rings is 1. The molecule has 0 unspecified atom stereocenters. The molecule has 0 atom stereocenters. The minimum atomic E-state index is -0.0683. The SMILES string of the molecule is COCC#Cc1cc(Cl)c(Nc2nc(OCCCN3CCN(C(C)=O)CC3)nc3cccc(OC(C)C)c23)c2c1OCO2. The molecule has 2 aliphatic rings. The number of aromatic nitrogens is 2. The number of nitrogens with zero attached hydrogens (tertiary/aromatic N) is 4. The molecule has 1 aromatic heterocycles. The van der Waals surface area contributed by atoms with Crippen LogP contribution in [0.5, 0.6) is 23.3 Å². The van der Waals surface area contributed by atoms with E-state index in [1.54, 1.807) is 20.1 Å². The minimum Gasteiger partial charge on any atom is -0.490 e. The third kappa shape index (κ3) is 7.33. The molecule has 11 nitrogen and oxygen atoms in total. The van der Waals surface area contributed by atoms with Gasteiger partial charge in [-0.15, -0.1) is 0 Å². The summed E-state index contributed by atoms with van der Waals surface area (Å²) in [5.74, 6) is 8.09. The van der Waals surface area contributed by atoms with E-state index in [1.807, 2.05) is 36.9 Å². The summed E-state index contributed by atoms with van der Waals surface area (Å²) >= 11 is 6.76. The van der Waals surface area contributed by atoms with Crippen molar-refractivity contribution in [1.82, 2.24) is 19.8 Å². The lowest BCUT2D eigenvalue weighted by Gasteiger charge is -2.34. The fourth-order valence-electron chi connectivity index (χ4n) is 4.94. The van der Waals surface area contributed by atoms with Crippen molar-refractivity contribution in [2.75, 3.05) is 65.2 Å². The quantitative estimate of drug-likeness (QED) is 0.261. The van der Waals surface area contributed by atoms with Crippen LogP contribution in [0.25, 0.3) is 10.9 Å². The van der Waals surface area contributed by atoms with E-state index in [9.17, 15) is 4.79 Å². The summed E-state index contributed by atoms with van der Waals surface area (Å²) in [7, 11) is 1.58. The summed E-state index contributed by atoms with van der Waals surface area (Å²) in [4.78, 5) is 25.2. The lowest BCUT2D eigenvalue weighted by atomic mass is 10.1. The smallest absolute Gasteiger partial charge is 0.318 e. The Morgan fingerprint density at radius 2 is 1.95 bits per heavy atom. The second-order valence-electron chi connectivity index (χ2n) is 10.4. The van der Waals surface area contributed by atoms with E-state index in [0.717, 1.165) is 39.1 Å². The highest BCUT2D eigenvalue weighted by molar-refractivity contribution is 6.34. The average Bonchev–Trinajstić information content (AvgIpc) is 3.47. The van der Waals surface area contributed by atoms with Gasteiger partial charge in [-0.3, -0.25) is 9.69 Å². The molecule has 0 aliphatic carbocycles. The number of fused-ring (bicyclic) bond motifs is 2. The third-order valence-corrected chi connectivity index (χ3v) is 7.27. The molecule has 1 fully saturated rings. The molecular weight excluding hydrogens is 574 g/mol. The van der Waals surface area contributed by atoms with Crippen molar-refractivity contribution in [1.29, 1.82) is 0 Å². The molecule has 0 bridgehead atoms. The Balaban J connectivity index is 1.40. The summed E-state index contributed by atoms with van der Waals surface area (Å²) in [6, 6.07) is 7.60. The highest BCUT2D eigenvalue weighted by Gasteiger charge is 2.26. The Morgan fingerprint density at radius 3 is 2.70 bits per heavy atom. The van der Waals surface area contributed by atoms with E-state index >= 15 is 0 Å². The summed E-state index contributed by atoms with van der Waals surface area (Å²) in [5.41, 5.74) is 1.74. The van der Waals surface area contributed by atoms with E-state index in [2.05, 4.69) is 27.0 Å². The van der Waals surface area contributed by atoms with Crippen LogP contribution in [0.2, 0.25) is 5.02 Å². The number of nitrogens with one attached hydrogen (secondary N) is 1. The number of hydrogen-bond acceptors (Lipinski definition) is 10. The van der Waals surface area contributed by atoms with Gasteiger partial charge < -0.3 is 33.9 Å². The van der Waals surface area contributed by atoms with Gasteiger partial charge in [0, 0.05) is 46.8 Å². The van der Waals surface area contributed by atoms with Crippen molar-refractivity contribution < 1.29 is 28.5 Å². The van der Waals surface area contributed by atoms with Crippen molar-refractivity contribution in [2.24, 2.45) is 0 Å². The standard InChI is InChI=1S/C31H36ClN5O6/c1-20(2)43-25-10-5-9-24-26(25)30(34-27-23(32)18-22(8-6-16-39-4)28-29(27)42-19-41-28)35-31(33-24)40-17-7-11-36-12-14-37(15-13-36)21(3)38/h5,9-10,18,20H,7,11-17,19H2,1-4H3,(H,33,34,35). The van der Waals surface area contributed by atoms with Crippen molar-refractivity contribution in [3.05, 3.63) is 34.9 Å². The molecule has 3 aromatic rings. The maximum absolute atomic E-state index is 11.6. The highest BCUT2D eigenvalue weighted by atomic mass is 35.5. The molecule has 1 amide bonds. The molecule has 5 rings (SSSR count). The van der Waals surface area contributed by atoms with Gasteiger partial charge in [-0.25, -0.2) is 0 Å². The first-order valence-electron chi connectivity index (χ1n) is 14.3. The van der Waals surface area contributed by atoms with Crippen molar-refractivity contribution in [3.63, 3.8) is 0 Å². The van der Waals surface area contributed by atoms with Crippen LogP contribution in [0.15, 0.2) is 24.3 Å². The lowest BCUT2D eigenvalue weighted by Crippen LogP contribution is -2.48. The number of carbonyl (C=O) groups is 1. The van der Waals surface area contributed by atoms with Crippen LogP contribution >= 0.6 is 11.6 Å². The van der Waals surface area contributed by atoms with Crippen molar-refractivity contribution in [3.8, 4) is 35.1 Å². The van der Waals surface area contributed by atoms with Crippen LogP contribution in [-0.2, 0) is 9.53 Å². The summed E-state index contributed by atoms with van der Waals surface area (Å²) in [6.07, 6.45) is 0.720. The molecule has 2 aromatic carbocycles. The van der Waals surface area contributed by atoms with Crippen LogP contribution in [0, 0.1) is 11.8 Å². The number of benzene rings is 2. The molecule has 0 radical (unpaired) electrons. The molecule has 1 saturated heterocycles. The second-order valence-corrected chi connectivity index (χ2v) is 10.8. The Morgan fingerprint density at radius 1 is 1.16 bits per heavy atom. The zero-order chi connectivity index (χ0) is 30.3. The third-order valence-electron chi connectivity index (χ3n) is 6.97. The summed E-state index contributed by atoms with van der Waals surface area (Å²) < 4.78 is 28.8. The molecule has 0 spiro atoms. The van der Waals surface area contributed by atoms with Crippen LogP contribution < -0.4 is 24.3 Å². The summed E-state index contributed by atoms with van der Waals surface area (Å²) in [5, 5.41) is 4.42. The molecule has 12 heteroatoms. The van der Waals surface area contributed by atoms with E-state index in [1.165, 1.54) is 0 Å². The van der Waals surface area contributed by atoms with E-state index in [4.69, 9.17) is 40.3 Å². The average molecular weight is 610 g/mol. The highest BCUT2D eigenvalue weighted by Crippen LogP contribution is 2.48. The molecule has 0 saturated carbocycles. The first-order chi connectivity index (χ1) is 20.8. The Labute approximate surface area is 256 Å². The monoisotopic (exact) mass is 609 g/mol. The van der Waals surface area contributed by atoms with Crippen molar-refractivity contribution in [2.45, 2.75) is 33.3 Å². The van der Waals surface area contributed by atoms with E-state index < -0.39 is 0 Å². The lowest BCUT2D eigenvalue weighted by molar-refractivity contribution is -0.130. The molecule has 2 aliphatic heterocycles. The van der Waals surface area contributed by atoms with Crippen LogP contribution in [-0.4, -0.2) is 91.6 Å². The van der Waals surface area contributed by atoms with Gasteiger partial charge in [0.2, 0.25) is 12.7 Å². The van der Waals surface area contributed by atoms with Gasteiger partial charge in [0.25, 0.3) is 0 Å². The van der Waals surface area contributed by atoms with Gasteiger partial charge in [-0.05, 0) is 38.5 Å². The van der Waals surface area contributed by atoms with Crippen LogP contribution in [0.4, 0.5) is 11.5 Å². The van der Waals surface area contributed by atoms with Gasteiger partial charge in [0.05, 0.1) is 34.2 Å². The predicted molar refractivity (Wildman–Crippen MR) is 164 cm³/mol. The first kappa shape index (κ1) is 30.5. The predicted octanol–water partition coefficient (Wildman–Crippen LogP) is 4.47. The number of methoxy groups -OCH3 is 1. The zero-order valence-corrected chi connectivity index (χ0v) is 25.6. The van der Waals surface area contributed by atoms with Crippen molar-refractivity contribution >= 4 is 39.9 Å². The second kappa shape index (κ2) is 14.0. The molecule has 1 N–H and O–H groups in total.